The topological polar surface area (TPSA) is 38.9 Å². The van der Waals surface area contributed by atoms with Gasteiger partial charge in [0.2, 0.25) is 5.89 Å². The Kier molecular flexibility index (Phi) is 4.76. The van der Waals surface area contributed by atoms with E-state index in [-0.39, 0.29) is 0 Å². The van der Waals surface area contributed by atoms with E-state index in [0.717, 1.165) is 22.1 Å². The third-order valence-electron chi connectivity index (χ3n) is 2.03. The molecule has 0 aliphatic heterocycles. The lowest BCUT2D eigenvalue weighted by Gasteiger charge is -2.00. The van der Waals surface area contributed by atoms with Crippen molar-refractivity contribution in [3.05, 3.63) is 40.7 Å². The van der Waals surface area contributed by atoms with E-state index in [0.29, 0.717) is 11.1 Å². The molecule has 0 aliphatic rings. The summed E-state index contributed by atoms with van der Waals surface area (Å²) in [7, 11) is 0. The fraction of sp³-hybridized carbons (Fsp3) is 0.273. The quantitative estimate of drug-likeness (QED) is 0.780. The third-order valence-corrected chi connectivity index (χ3v) is 3.80. The predicted molar refractivity (Wildman–Crippen MR) is 72.5 cm³/mol. The van der Waals surface area contributed by atoms with Crippen LogP contribution in [0.25, 0.3) is 0 Å². The fourth-order valence-corrected chi connectivity index (χ4v) is 2.66. The molecule has 17 heavy (non-hydrogen) atoms. The highest BCUT2D eigenvalue weighted by molar-refractivity contribution is 7.98. The first-order valence-electron chi connectivity index (χ1n) is 4.97. The van der Waals surface area contributed by atoms with Gasteiger partial charge < -0.3 is 4.42 Å². The summed E-state index contributed by atoms with van der Waals surface area (Å²) < 4.78 is 5.46. The average Bonchev–Trinajstić information content (AvgIpc) is 2.76. The Hall–Kier alpha value is -0.650. The summed E-state index contributed by atoms with van der Waals surface area (Å²) in [4.78, 5) is 0. The maximum absolute atomic E-state index is 6.06. The first kappa shape index (κ1) is 12.8. The second-order valence-electron chi connectivity index (χ2n) is 3.27. The Morgan fingerprint density at radius 1 is 1.24 bits per heavy atom. The zero-order chi connectivity index (χ0) is 12.1. The van der Waals surface area contributed by atoms with Gasteiger partial charge in [0.25, 0.3) is 5.22 Å². The Morgan fingerprint density at radius 3 is 2.82 bits per heavy atom. The van der Waals surface area contributed by atoms with E-state index < -0.39 is 0 Å². The van der Waals surface area contributed by atoms with E-state index in [4.69, 9.17) is 16.0 Å². The highest BCUT2D eigenvalue weighted by Gasteiger charge is 2.07. The van der Waals surface area contributed by atoms with Crippen LogP contribution in [0, 0.1) is 0 Å². The second kappa shape index (κ2) is 6.33. The number of rotatable bonds is 5. The van der Waals surface area contributed by atoms with Gasteiger partial charge in [0.15, 0.2) is 0 Å². The minimum absolute atomic E-state index is 0.592. The minimum Gasteiger partial charge on any atom is -0.415 e. The molecule has 0 unspecified atom stereocenters. The second-order valence-corrected chi connectivity index (χ2v) is 5.47. The lowest BCUT2D eigenvalue weighted by atomic mass is 10.2. The molecule has 1 aromatic carbocycles. The molecule has 2 rings (SSSR count). The predicted octanol–water partition coefficient (Wildman–Crippen LogP) is 3.88. The van der Waals surface area contributed by atoms with Crippen molar-refractivity contribution in [2.24, 2.45) is 0 Å². The van der Waals surface area contributed by atoms with Crippen molar-refractivity contribution in [3.63, 3.8) is 0 Å². The van der Waals surface area contributed by atoms with Gasteiger partial charge in [-0.3, -0.25) is 0 Å². The van der Waals surface area contributed by atoms with Crippen LogP contribution in [0.4, 0.5) is 0 Å². The molecular formula is C11H11ClN2OS2. The molecule has 0 radical (unpaired) electrons. The molecule has 0 saturated heterocycles. The van der Waals surface area contributed by atoms with Gasteiger partial charge in [-0.05, 0) is 17.9 Å². The van der Waals surface area contributed by atoms with Gasteiger partial charge in [0.05, 0.1) is 5.75 Å². The maximum Gasteiger partial charge on any atom is 0.276 e. The molecule has 0 atom stereocenters. The SMILES string of the molecule is CSCc1nnc(SCc2ccccc2Cl)o1. The zero-order valence-electron chi connectivity index (χ0n) is 9.22. The fourth-order valence-electron chi connectivity index (χ4n) is 1.23. The summed E-state index contributed by atoms with van der Waals surface area (Å²) in [5, 5.41) is 9.28. The summed E-state index contributed by atoms with van der Waals surface area (Å²) in [5.41, 5.74) is 1.07. The molecule has 2 aromatic rings. The van der Waals surface area contributed by atoms with Crippen molar-refractivity contribution >= 4 is 35.1 Å². The Balaban J connectivity index is 1.95. The Labute approximate surface area is 113 Å². The van der Waals surface area contributed by atoms with Crippen molar-refractivity contribution in [2.45, 2.75) is 16.7 Å². The van der Waals surface area contributed by atoms with Gasteiger partial charge in [-0.15, -0.1) is 10.2 Å². The average molecular weight is 287 g/mol. The molecule has 0 aliphatic carbocycles. The van der Waals surface area contributed by atoms with Crippen molar-refractivity contribution < 1.29 is 4.42 Å². The molecule has 0 N–H and O–H groups in total. The van der Waals surface area contributed by atoms with E-state index >= 15 is 0 Å². The van der Waals surface area contributed by atoms with Crippen LogP contribution in [-0.4, -0.2) is 16.5 Å². The minimum atomic E-state index is 0.592. The van der Waals surface area contributed by atoms with Gasteiger partial charge in [-0.2, -0.15) is 11.8 Å². The van der Waals surface area contributed by atoms with Gasteiger partial charge in [-0.1, -0.05) is 41.6 Å². The lowest BCUT2D eigenvalue weighted by Crippen LogP contribution is -1.81. The monoisotopic (exact) mass is 286 g/mol. The molecule has 1 aromatic heterocycles. The van der Waals surface area contributed by atoms with Crippen LogP contribution in [0.5, 0.6) is 0 Å². The molecule has 3 nitrogen and oxygen atoms in total. The van der Waals surface area contributed by atoms with Crippen molar-refractivity contribution in [2.75, 3.05) is 6.26 Å². The van der Waals surface area contributed by atoms with Gasteiger partial charge in [0, 0.05) is 10.8 Å². The number of benzene rings is 1. The van der Waals surface area contributed by atoms with E-state index in [2.05, 4.69) is 10.2 Å². The molecule has 6 heteroatoms. The highest BCUT2D eigenvalue weighted by Crippen LogP contribution is 2.26. The lowest BCUT2D eigenvalue weighted by molar-refractivity contribution is 0.426. The van der Waals surface area contributed by atoms with Gasteiger partial charge in [-0.25, -0.2) is 0 Å². The largest absolute Gasteiger partial charge is 0.415 e. The van der Waals surface area contributed by atoms with Crippen LogP contribution in [0.3, 0.4) is 0 Å². The third kappa shape index (κ3) is 3.66. The molecule has 0 spiro atoms. The first-order chi connectivity index (χ1) is 8.29. The van der Waals surface area contributed by atoms with Crippen molar-refractivity contribution in [1.82, 2.24) is 10.2 Å². The summed E-state index contributed by atoms with van der Waals surface area (Å²) >= 11 is 9.22. The van der Waals surface area contributed by atoms with Crippen LogP contribution in [0.2, 0.25) is 5.02 Å². The molecular weight excluding hydrogens is 276 g/mol. The molecule has 90 valence electrons. The van der Waals surface area contributed by atoms with E-state index in [9.17, 15) is 0 Å². The molecule has 0 fully saturated rings. The number of hydrogen-bond acceptors (Lipinski definition) is 5. The van der Waals surface area contributed by atoms with Crippen LogP contribution < -0.4 is 0 Å². The van der Waals surface area contributed by atoms with Crippen LogP contribution in [0.1, 0.15) is 11.5 Å². The molecule has 0 bridgehead atoms. The number of halogens is 1. The number of aromatic nitrogens is 2. The standard InChI is InChI=1S/C11H11ClN2OS2/c1-16-7-10-13-14-11(15-10)17-6-8-4-2-3-5-9(8)12/h2-5H,6-7H2,1H3. The molecule has 0 saturated carbocycles. The van der Waals surface area contributed by atoms with E-state index in [1.165, 1.54) is 11.8 Å². The van der Waals surface area contributed by atoms with Gasteiger partial charge in [0.1, 0.15) is 0 Å². The van der Waals surface area contributed by atoms with Crippen LogP contribution in [-0.2, 0) is 11.5 Å². The normalized spacial score (nSPS) is 10.7. The maximum atomic E-state index is 6.06. The Bertz CT molecular complexity index is 490. The van der Waals surface area contributed by atoms with E-state index in [1.807, 2.05) is 30.5 Å². The zero-order valence-corrected chi connectivity index (χ0v) is 11.6. The summed E-state index contributed by atoms with van der Waals surface area (Å²) in [6.07, 6.45) is 2.00. The van der Waals surface area contributed by atoms with Gasteiger partial charge >= 0.3 is 0 Å². The smallest absolute Gasteiger partial charge is 0.276 e. The summed E-state index contributed by atoms with van der Waals surface area (Å²) in [6, 6.07) is 7.76. The van der Waals surface area contributed by atoms with Crippen LogP contribution in [0.15, 0.2) is 33.9 Å². The molecule has 1 heterocycles. The first-order valence-corrected chi connectivity index (χ1v) is 7.73. The Morgan fingerprint density at radius 2 is 2.06 bits per heavy atom. The van der Waals surface area contributed by atoms with Crippen molar-refractivity contribution in [1.29, 1.82) is 0 Å². The molecule has 0 amide bonds. The number of nitrogens with zero attached hydrogens (tertiary/aromatic N) is 2. The summed E-state index contributed by atoms with van der Waals surface area (Å²) in [5.74, 6) is 2.15. The summed E-state index contributed by atoms with van der Waals surface area (Å²) in [6.45, 7) is 0. The number of thioether (sulfide) groups is 2. The van der Waals surface area contributed by atoms with Crippen LogP contribution >= 0.6 is 35.1 Å². The van der Waals surface area contributed by atoms with Crippen molar-refractivity contribution in [3.8, 4) is 0 Å². The highest BCUT2D eigenvalue weighted by atomic mass is 35.5. The van der Waals surface area contributed by atoms with E-state index in [1.54, 1.807) is 11.8 Å². The number of hydrogen-bond donors (Lipinski definition) is 0.